The topological polar surface area (TPSA) is 67.3 Å². The molecule has 0 fully saturated rings. The molecule has 5 nitrogen and oxygen atoms in total. The molecule has 0 amide bonds. The summed E-state index contributed by atoms with van der Waals surface area (Å²) in [6, 6.07) is 0. The van der Waals surface area contributed by atoms with Crippen LogP contribution in [0.2, 0.25) is 0 Å². The minimum atomic E-state index is 0.0801. The van der Waals surface area contributed by atoms with E-state index in [4.69, 9.17) is 9.84 Å². The largest absolute Gasteiger partial charge is 0.394 e. The van der Waals surface area contributed by atoms with E-state index < -0.39 is 0 Å². The van der Waals surface area contributed by atoms with E-state index in [2.05, 4.69) is 15.3 Å². The molecule has 5 heteroatoms. The van der Waals surface area contributed by atoms with Crippen LogP contribution in [0.4, 0.5) is 5.82 Å². The Balaban J connectivity index is 2.12. The van der Waals surface area contributed by atoms with Crippen molar-refractivity contribution < 1.29 is 9.84 Å². The van der Waals surface area contributed by atoms with Crippen molar-refractivity contribution in [2.45, 2.75) is 13.3 Å². The Morgan fingerprint density at radius 1 is 1.33 bits per heavy atom. The molecule has 1 heterocycles. The molecule has 0 unspecified atom stereocenters. The van der Waals surface area contributed by atoms with Crippen LogP contribution in [-0.2, 0) is 4.74 Å². The fourth-order valence-corrected chi connectivity index (χ4v) is 1.13. The molecule has 84 valence electrons. The van der Waals surface area contributed by atoms with E-state index in [0.29, 0.717) is 13.2 Å². The lowest BCUT2D eigenvalue weighted by atomic mass is 10.4. The highest BCUT2D eigenvalue weighted by atomic mass is 16.5. The first-order valence-corrected chi connectivity index (χ1v) is 5.04. The van der Waals surface area contributed by atoms with Crippen LogP contribution in [0.15, 0.2) is 12.4 Å². The van der Waals surface area contributed by atoms with Gasteiger partial charge in [-0.15, -0.1) is 0 Å². The fraction of sp³-hybridized carbons (Fsp3) is 0.600. The molecule has 1 aromatic rings. The Labute approximate surface area is 89.5 Å². The molecule has 0 atom stereocenters. The van der Waals surface area contributed by atoms with Crippen LogP contribution in [0, 0.1) is 6.92 Å². The summed E-state index contributed by atoms with van der Waals surface area (Å²) in [6.07, 6.45) is 4.22. The second kappa shape index (κ2) is 7.14. The molecular formula is C10H17N3O2. The van der Waals surface area contributed by atoms with Gasteiger partial charge in [-0.05, 0) is 13.3 Å². The van der Waals surface area contributed by atoms with Gasteiger partial charge in [-0.3, -0.25) is 4.98 Å². The maximum absolute atomic E-state index is 8.48. The van der Waals surface area contributed by atoms with Crippen LogP contribution in [0.1, 0.15) is 12.1 Å². The van der Waals surface area contributed by atoms with Gasteiger partial charge in [0.1, 0.15) is 5.82 Å². The maximum atomic E-state index is 8.48. The van der Waals surface area contributed by atoms with Gasteiger partial charge in [-0.25, -0.2) is 4.98 Å². The summed E-state index contributed by atoms with van der Waals surface area (Å²) >= 11 is 0. The minimum Gasteiger partial charge on any atom is -0.394 e. The predicted molar refractivity (Wildman–Crippen MR) is 57.8 cm³/mol. The fourth-order valence-electron chi connectivity index (χ4n) is 1.13. The SMILES string of the molecule is Cc1nccnc1NCCCOCCO. The van der Waals surface area contributed by atoms with Crippen molar-refractivity contribution >= 4 is 5.82 Å². The van der Waals surface area contributed by atoms with E-state index in [9.17, 15) is 0 Å². The summed E-state index contributed by atoms with van der Waals surface area (Å²) < 4.78 is 5.12. The molecule has 0 saturated heterocycles. The summed E-state index contributed by atoms with van der Waals surface area (Å²) in [5, 5.41) is 11.7. The van der Waals surface area contributed by atoms with Gasteiger partial charge >= 0.3 is 0 Å². The van der Waals surface area contributed by atoms with E-state index in [0.717, 1.165) is 24.5 Å². The molecule has 1 aromatic heterocycles. The zero-order valence-corrected chi connectivity index (χ0v) is 8.94. The van der Waals surface area contributed by atoms with Crippen molar-refractivity contribution in [3.8, 4) is 0 Å². The van der Waals surface area contributed by atoms with Gasteiger partial charge < -0.3 is 15.2 Å². The second-order valence-corrected chi connectivity index (χ2v) is 3.11. The van der Waals surface area contributed by atoms with Crippen molar-refractivity contribution in [1.29, 1.82) is 0 Å². The van der Waals surface area contributed by atoms with Crippen LogP contribution < -0.4 is 5.32 Å². The maximum Gasteiger partial charge on any atom is 0.147 e. The summed E-state index contributed by atoms with van der Waals surface area (Å²) in [4.78, 5) is 8.28. The lowest BCUT2D eigenvalue weighted by Gasteiger charge is -2.07. The number of rotatable bonds is 7. The Bertz CT molecular complexity index is 281. The third-order valence-corrected chi connectivity index (χ3v) is 1.87. The summed E-state index contributed by atoms with van der Waals surface area (Å²) in [6.45, 7) is 3.84. The third-order valence-electron chi connectivity index (χ3n) is 1.87. The van der Waals surface area contributed by atoms with Crippen molar-refractivity contribution in [2.75, 3.05) is 31.7 Å². The van der Waals surface area contributed by atoms with E-state index in [-0.39, 0.29) is 6.61 Å². The molecule has 0 aliphatic rings. The first-order chi connectivity index (χ1) is 7.34. The third kappa shape index (κ3) is 4.71. The lowest BCUT2D eigenvalue weighted by Crippen LogP contribution is -2.09. The van der Waals surface area contributed by atoms with E-state index >= 15 is 0 Å². The van der Waals surface area contributed by atoms with Gasteiger partial charge in [0.2, 0.25) is 0 Å². The normalized spacial score (nSPS) is 10.3. The molecule has 1 rings (SSSR count). The van der Waals surface area contributed by atoms with Crippen LogP contribution in [0.3, 0.4) is 0 Å². The number of nitrogens with one attached hydrogen (secondary N) is 1. The van der Waals surface area contributed by atoms with Gasteiger partial charge in [0.15, 0.2) is 0 Å². The highest BCUT2D eigenvalue weighted by molar-refractivity contribution is 5.37. The number of hydrogen-bond acceptors (Lipinski definition) is 5. The molecule has 0 aromatic carbocycles. The average molecular weight is 211 g/mol. The molecule has 2 N–H and O–H groups in total. The van der Waals surface area contributed by atoms with Crippen molar-refractivity contribution in [1.82, 2.24) is 9.97 Å². The highest BCUT2D eigenvalue weighted by Crippen LogP contribution is 2.05. The van der Waals surface area contributed by atoms with Gasteiger partial charge in [0.05, 0.1) is 18.9 Å². The first kappa shape index (κ1) is 11.9. The molecule has 0 spiro atoms. The Morgan fingerprint density at radius 3 is 2.87 bits per heavy atom. The van der Waals surface area contributed by atoms with E-state index in [1.165, 1.54) is 0 Å². The molecule has 0 bridgehead atoms. The summed E-state index contributed by atoms with van der Waals surface area (Å²) in [5.74, 6) is 0.819. The smallest absolute Gasteiger partial charge is 0.147 e. The molecule has 15 heavy (non-hydrogen) atoms. The van der Waals surface area contributed by atoms with Crippen LogP contribution in [0.5, 0.6) is 0 Å². The Kier molecular flexibility index (Phi) is 5.65. The molecule has 0 saturated carbocycles. The molecule has 0 radical (unpaired) electrons. The molecular weight excluding hydrogens is 194 g/mol. The first-order valence-electron chi connectivity index (χ1n) is 5.04. The quantitative estimate of drug-likeness (QED) is 0.646. The van der Waals surface area contributed by atoms with E-state index in [1.54, 1.807) is 12.4 Å². The number of aromatic nitrogens is 2. The Morgan fingerprint density at radius 2 is 2.13 bits per heavy atom. The number of hydrogen-bond donors (Lipinski definition) is 2. The summed E-state index contributed by atoms with van der Waals surface area (Å²) in [5.41, 5.74) is 0.897. The van der Waals surface area contributed by atoms with Crippen molar-refractivity contribution in [3.05, 3.63) is 18.1 Å². The average Bonchev–Trinajstić information content (AvgIpc) is 2.25. The number of aliphatic hydroxyl groups excluding tert-OH is 1. The van der Waals surface area contributed by atoms with Gasteiger partial charge in [0, 0.05) is 25.5 Å². The second-order valence-electron chi connectivity index (χ2n) is 3.11. The van der Waals surface area contributed by atoms with Gasteiger partial charge in [-0.1, -0.05) is 0 Å². The Hall–Kier alpha value is -1.20. The number of aryl methyl sites for hydroxylation is 1. The van der Waals surface area contributed by atoms with Gasteiger partial charge in [0.25, 0.3) is 0 Å². The number of anilines is 1. The number of ether oxygens (including phenoxy) is 1. The zero-order chi connectivity index (χ0) is 10.9. The molecule has 0 aliphatic carbocycles. The lowest BCUT2D eigenvalue weighted by molar-refractivity contribution is 0.0922. The zero-order valence-electron chi connectivity index (χ0n) is 8.94. The predicted octanol–water partition coefficient (Wildman–Crippen LogP) is 0.596. The minimum absolute atomic E-state index is 0.0801. The monoisotopic (exact) mass is 211 g/mol. The van der Waals surface area contributed by atoms with Crippen molar-refractivity contribution in [2.24, 2.45) is 0 Å². The highest BCUT2D eigenvalue weighted by Gasteiger charge is 1.97. The van der Waals surface area contributed by atoms with Crippen LogP contribution in [-0.4, -0.2) is 41.4 Å². The number of nitrogens with zero attached hydrogens (tertiary/aromatic N) is 2. The van der Waals surface area contributed by atoms with Crippen LogP contribution >= 0.6 is 0 Å². The number of aliphatic hydroxyl groups is 1. The van der Waals surface area contributed by atoms with Crippen LogP contribution in [0.25, 0.3) is 0 Å². The standard InChI is InChI=1S/C10H17N3O2/c1-9-10(13-5-4-11-9)12-3-2-7-15-8-6-14/h4-5,14H,2-3,6-8H2,1H3,(H,12,13). The van der Waals surface area contributed by atoms with Crippen molar-refractivity contribution in [3.63, 3.8) is 0 Å². The van der Waals surface area contributed by atoms with E-state index in [1.807, 2.05) is 6.92 Å². The molecule has 0 aliphatic heterocycles. The summed E-state index contributed by atoms with van der Waals surface area (Å²) in [7, 11) is 0. The van der Waals surface area contributed by atoms with Gasteiger partial charge in [-0.2, -0.15) is 0 Å².